The number of aliphatic hydroxyl groups is 2. The Bertz CT molecular complexity index is 414. The van der Waals surface area contributed by atoms with Crippen molar-refractivity contribution in [1.29, 1.82) is 5.26 Å². The lowest BCUT2D eigenvalue weighted by Crippen LogP contribution is -2.45. The molecule has 0 aromatic heterocycles. The predicted molar refractivity (Wildman–Crippen MR) is 66.4 cm³/mol. The second-order valence-corrected chi connectivity index (χ2v) is 3.99. The summed E-state index contributed by atoms with van der Waals surface area (Å²) in [5, 5.41) is 30.4. The number of nitrogens with zero attached hydrogens (tertiary/aromatic N) is 1. The molecule has 0 amide bonds. The van der Waals surface area contributed by atoms with E-state index in [1.54, 1.807) is 18.2 Å². The Labute approximate surface area is 100 Å². The van der Waals surface area contributed by atoms with Gasteiger partial charge < -0.3 is 21.3 Å². The number of nitrogens with one attached hydrogen (secondary N) is 1. The third-order valence-corrected chi connectivity index (χ3v) is 2.86. The quantitative estimate of drug-likeness (QED) is 0.562. The molecule has 0 aliphatic heterocycles. The van der Waals surface area contributed by atoms with E-state index in [2.05, 4.69) is 5.32 Å². The van der Waals surface area contributed by atoms with Gasteiger partial charge in [-0.3, -0.25) is 0 Å². The number of nitrogens with two attached hydrogens (primary N) is 1. The topological polar surface area (TPSA) is 102 Å². The number of anilines is 2. The fourth-order valence-electron chi connectivity index (χ4n) is 1.47. The van der Waals surface area contributed by atoms with E-state index in [-0.39, 0.29) is 13.2 Å². The minimum atomic E-state index is -0.789. The van der Waals surface area contributed by atoms with Gasteiger partial charge in [0.15, 0.2) is 0 Å². The molecule has 1 aromatic carbocycles. The summed E-state index contributed by atoms with van der Waals surface area (Å²) >= 11 is 0. The third kappa shape index (κ3) is 2.87. The first kappa shape index (κ1) is 13.3. The van der Waals surface area contributed by atoms with Crippen LogP contribution in [0.5, 0.6) is 0 Å². The van der Waals surface area contributed by atoms with Gasteiger partial charge in [-0.25, -0.2) is 0 Å². The van der Waals surface area contributed by atoms with E-state index in [0.717, 1.165) is 0 Å². The summed E-state index contributed by atoms with van der Waals surface area (Å²) in [6.45, 7) is 1.47. The molecule has 0 saturated heterocycles. The molecule has 5 N–H and O–H groups in total. The van der Waals surface area contributed by atoms with E-state index in [4.69, 9.17) is 11.0 Å². The van der Waals surface area contributed by atoms with Crippen molar-refractivity contribution in [1.82, 2.24) is 0 Å². The molecular weight excluding hydrogens is 218 g/mol. The maximum absolute atomic E-state index is 9.31. The van der Waals surface area contributed by atoms with Gasteiger partial charge in [0.05, 0.1) is 41.8 Å². The average molecular weight is 235 g/mol. The van der Waals surface area contributed by atoms with E-state index in [1.165, 1.54) is 0 Å². The Morgan fingerprint density at radius 1 is 1.41 bits per heavy atom. The zero-order valence-corrected chi connectivity index (χ0v) is 9.77. The van der Waals surface area contributed by atoms with E-state index in [0.29, 0.717) is 23.4 Å². The molecule has 5 heteroatoms. The van der Waals surface area contributed by atoms with E-state index in [9.17, 15) is 10.2 Å². The van der Waals surface area contributed by atoms with Gasteiger partial charge in [0.1, 0.15) is 0 Å². The van der Waals surface area contributed by atoms with E-state index < -0.39 is 5.54 Å². The number of nitrogen functional groups attached to an aromatic ring is 1. The molecule has 92 valence electrons. The summed E-state index contributed by atoms with van der Waals surface area (Å²) < 4.78 is 0. The van der Waals surface area contributed by atoms with Gasteiger partial charge in [-0.2, -0.15) is 5.26 Å². The van der Waals surface area contributed by atoms with Crippen LogP contribution < -0.4 is 11.1 Å². The number of benzene rings is 1. The number of rotatable bonds is 5. The SMILES string of the molecule is CCC(CO)(CO)Nc1ccc(C#N)cc1N. The summed E-state index contributed by atoms with van der Waals surface area (Å²) in [5.74, 6) is 0. The number of hydrogen-bond donors (Lipinski definition) is 4. The summed E-state index contributed by atoms with van der Waals surface area (Å²) in [7, 11) is 0. The molecule has 17 heavy (non-hydrogen) atoms. The number of hydrogen-bond acceptors (Lipinski definition) is 5. The molecule has 0 aliphatic rings. The Morgan fingerprint density at radius 3 is 2.47 bits per heavy atom. The van der Waals surface area contributed by atoms with E-state index in [1.807, 2.05) is 13.0 Å². The van der Waals surface area contributed by atoms with Gasteiger partial charge in [0.2, 0.25) is 0 Å². The fourth-order valence-corrected chi connectivity index (χ4v) is 1.47. The molecule has 0 radical (unpaired) electrons. The highest BCUT2D eigenvalue weighted by atomic mass is 16.3. The van der Waals surface area contributed by atoms with Crippen LogP contribution in [0.25, 0.3) is 0 Å². The maximum Gasteiger partial charge on any atom is 0.0992 e. The maximum atomic E-state index is 9.31. The van der Waals surface area contributed by atoms with Crippen LogP contribution in [-0.4, -0.2) is 29.0 Å². The van der Waals surface area contributed by atoms with Gasteiger partial charge in [-0.05, 0) is 24.6 Å². The largest absolute Gasteiger partial charge is 0.397 e. The van der Waals surface area contributed by atoms with Gasteiger partial charge in [-0.1, -0.05) is 6.92 Å². The lowest BCUT2D eigenvalue weighted by Gasteiger charge is -2.31. The van der Waals surface area contributed by atoms with Crippen LogP contribution in [0.2, 0.25) is 0 Å². The van der Waals surface area contributed by atoms with Crippen molar-refractivity contribution < 1.29 is 10.2 Å². The molecule has 0 fully saturated rings. The molecule has 0 spiro atoms. The molecule has 1 rings (SSSR count). The van der Waals surface area contributed by atoms with Gasteiger partial charge in [0.25, 0.3) is 0 Å². The Morgan fingerprint density at radius 2 is 2.06 bits per heavy atom. The average Bonchev–Trinajstić information content (AvgIpc) is 2.38. The minimum absolute atomic E-state index is 0.195. The van der Waals surface area contributed by atoms with Gasteiger partial charge in [-0.15, -0.1) is 0 Å². The zero-order valence-electron chi connectivity index (χ0n) is 9.77. The minimum Gasteiger partial charge on any atom is -0.397 e. The second-order valence-electron chi connectivity index (χ2n) is 3.99. The summed E-state index contributed by atoms with van der Waals surface area (Å²) in [6, 6.07) is 6.85. The molecule has 0 heterocycles. The Balaban J connectivity index is 2.99. The van der Waals surface area contributed by atoms with Crippen LogP contribution in [0.15, 0.2) is 18.2 Å². The number of nitriles is 1. The second kappa shape index (κ2) is 5.53. The van der Waals surface area contributed by atoms with Crippen molar-refractivity contribution >= 4 is 11.4 Å². The van der Waals surface area contributed by atoms with Crippen molar-refractivity contribution in [2.45, 2.75) is 18.9 Å². The van der Waals surface area contributed by atoms with Crippen molar-refractivity contribution in [3.63, 3.8) is 0 Å². The summed E-state index contributed by atoms with van der Waals surface area (Å²) in [4.78, 5) is 0. The monoisotopic (exact) mass is 235 g/mol. The van der Waals surface area contributed by atoms with Crippen LogP contribution in [0, 0.1) is 11.3 Å². The van der Waals surface area contributed by atoms with Crippen LogP contribution in [0.4, 0.5) is 11.4 Å². The third-order valence-electron chi connectivity index (χ3n) is 2.86. The summed E-state index contributed by atoms with van der Waals surface area (Å²) in [6.07, 6.45) is 0.555. The van der Waals surface area contributed by atoms with Crippen LogP contribution in [0.3, 0.4) is 0 Å². The van der Waals surface area contributed by atoms with Crippen molar-refractivity contribution in [2.24, 2.45) is 0 Å². The highest BCUT2D eigenvalue weighted by molar-refractivity contribution is 5.69. The molecular formula is C12H17N3O2. The zero-order chi connectivity index (χ0) is 12.9. The Kier molecular flexibility index (Phi) is 4.32. The Hall–Kier alpha value is -1.77. The van der Waals surface area contributed by atoms with Gasteiger partial charge in [0, 0.05) is 0 Å². The van der Waals surface area contributed by atoms with E-state index >= 15 is 0 Å². The first-order valence-electron chi connectivity index (χ1n) is 5.40. The lowest BCUT2D eigenvalue weighted by atomic mass is 9.97. The molecule has 0 unspecified atom stereocenters. The lowest BCUT2D eigenvalue weighted by molar-refractivity contribution is 0.132. The summed E-state index contributed by atoms with van der Waals surface area (Å²) in [5.41, 5.74) is 6.50. The molecule has 0 bridgehead atoms. The van der Waals surface area contributed by atoms with Crippen LogP contribution >= 0.6 is 0 Å². The first-order chi connectivity index (χ1) is 8.10. The predicted octanol–water partition coefficient (Wildman–Crippen LogP) is 0.686. The normalized spacial score (nSPS) is 10.9. The molecule has 5 nitrogen and oxygen atoms in total. The fraction of sp³-hybridized carbons (Fsp3) is 0.417. The first-order valence-corrected chi connectivity index (χ1v) is 5.40. The molecule has 0 atom stereocenters. The standard InChI is InChI=1S/C12H17N3O2/c1-2-12(7-16,8-17)15-11-4-3-9(6-13)5-10(11)14/h3-5,15-17H,2,7-8,14H2,1H3. The van der Waals surface area contributed by atoms with Crippen LogP contribution in [-0.2, 0) is 0 Å². The molecule has 1 aromatic rings. The van der Waals surface area contributed by atoms with Crippen molar-refractivity contribution in [3.8, 4) is 6.07 Å². The molecule has 0 saturated carbocycles. The number of aliphatic hydroxyl groups excluding tert-OH is 2. The highest BCUT2D eigenvalue weighted by Gasteiger charge is 2.26. The van der Waals surface area contributed by atoms with Crippen molar-refractivity contribution in [3.05, 3.63) is 23.8 Å². The molecule has 0 aliphatic carbocycles. The van der Waals surface area contributed by atoms with Crippen molar-refractivity contribution in [2.75, 3.05) is 24.3 Å². The smallest absolute Gasteiger partial charge is 0.0992 e. The van der Waals surface area contributed by atoms with Crippen LogP contribution in [0.1, 0.15) is 18.9 Å². The van der Waals surface area contributed by atoms with Gasteiger partial charge >= 0.3 is 0 Å². The highest BCUT2D eigenvalue weighted by Crippen LogP contribution is 2.24.